The highest BCUT2D eigenvalue weighted by molar-refractivity contribution is 7.11. The third-order valence-electron chi connectivity index (χ3n) is 3.47. The summed E-state index contributed by atoms with van der Waals surface area (Å²) in [5.74, 6) is 0.306. The molecular formula is C16H16N4O3S. The smallest absolute Gasteiger partial charge is 0.283 e. The molecule has 0 aliphatic carbocycles. The first-order chi connectivity index (χ1) is 11.4. The Balaban J connectivity index is 2.31. The molecule has 0 radical (unpaired) electrons. The number of benzene rings is 1. The summed E-state index contributed by atoms with van der Waals surface area (Å²) in [7, 11) is 1.45. The second kappa shape index (κ2) is 5.97. The molecule has 0 amide bonds. The van der Waals surface area contributed by atoms with Gasteiger partial charge in [-0.1, -0.05) is 17.4 Å². The van der Waals surface area contributed by atoms with E-state index in [9.17, 15) is 9.90 Å². The summed E-state index contributed by atoms with van der Waals surface area (Å²) in [6.45, 7) is 3.89. The van der Waals surface area contributed by atoms with Crippen LogP contribution in [-0.2, 0) is 0 Å². The molecule has 3 N–H and O–H groups in total. The van der Waals surface area contributed by atoms with Crippen molar-refractivity contribution in [2.24, 2.45) is 0 Å². The van der Waals surface area contributed by atoms with Gasteiger partial charge in [-0.05, 0) is 43.2 Å². The van der Waals surface area contributed by atoms with E-state index in [1.807, 2.05) is 13.8 Å². The fourth-order valence-electron chi connectivity index (χ4n) is 2.20. The molecule has 8 heteroatoms. The third kappa shape index (κ3) is 2.71. The molecule has 0 saturated heterocycles. The highest BCUT2D eigenvalue weighted by Crippen LogP contribution is 2.26. The van der Waals surface area contributed by atoms with Gasteiger partial charge in [0, 0.05) is 0 Å². The van der Waals surface area contributed by atoms with Crippen LogP contribution < -0.4 is 25.7 Å². The second-order valence-corrected chi connectivity index (χ2v) is 6.39. The lowest BCUT2D eigenvalue weighted by Crippen LogP contribution is -2.47. The molecule has 1 aromatic rings. The number of methoxy groups -OCH3 is 1. The number of phenols is 1. The van der Waals surface area contributed by atoms with Crippen LogP contribution in [0.4, 0.5) is 0 Å². The summed E-state index contributed by atoms with van der Waals surface area (Å²) >= 11 is 1.33. The van der Waals surface area contributed by atoms with Crippen LogP contribution in [-0.4, -0.2) is 27.0 Å². The van der Waals surface area contributed by atoms with Gasteiger partial charge in [0.1, 0.15) is 4.66 Å². The molecule has 0 saturated carbocycles. The number of rotatable bonds is 2. The first kappa shape index (κ1) is 16.0. The number of nitrogens with zero attached hydrogens (tertiary/aromatic N) is 2. The SMILES string of the molecule is COc1cc(C=c2c(=O)nc3sc(=C(C)C)[nH]n-3c2=N)ccc1O. The Kier molecular flexibility index (Phi) is 3.98. The zero-order chi connectivity index (χ0) is 17.4. The number of H-pyrrole nitrogens is 1. The normalized spacial score (nSPS) is 11.9. The highest BCUT2D eigenvalue weighted by Gasteiger charge is 2.10. The fraction of sp³-hybridized carbons (Fsp3) is 0.188. The summed E-state index contributed by atoms with van der Waals surface area (Å²) < 4.78 is 7.40. The molecule has 2 aliphatic rings. The number of phenolic OH excluding ortho intramolecular Hbond substituents is 1. The van der Waals surface area contributed by atoms with Gasteiger partial charge in [0.25, 0.3) is 5.56 Å². The maximum atomic E-state index is 12.3. The van der Waals surface area contributed by atoms with E-state index in [2.05, 4.69) is 10.1 Å². The zero-order valence-electron chi connectivity index (χ0n) is 13.4. The first-order valence-electron chi connectivity index (χ1n) is 7.13. The lowest BCUT2D eigenvalue weighted by molar-refractivity contribution is 0.373. The van der Waals surface area contributed by atoms with Gasteiger partial charge >= 0.3 is 0 Å². The van der Waals surface area contributed by atoms with Gasteiger partial charge in [0.05, 0.1) is 12.3 Å². The van der Waals surface area contributed by atoms with Crippen LogP contribution in [0.25, 0.3) is 16.8 Å². The minimum absolute atomic E-state index is 0.0100. The summed E-state index contributed by atoms with van der Waals surface area (Å²) in [6, 6.07) is 4.70. The Morgan fingerprint density at radius 3 is 2.88 bits per heavy atom. The molecule has 0 fully saturated rings. The Bertz CT molecular complexity index is 1120. The fourth-order valence-corrected chi connectivity index (χ4v) is 3.08. The minimum Gasteiger partial charge on any atom is -0.504 e. The van der Waals surface area contributed by atoms with Crippen molar-refractivity contribution in [3.63, 3.8) is 0 Å². The average molecular weight is 344 g/mol. The van der Waals surface area contributed by atoms with Gasteiger partial charge in [0.2, 0.25) is 5.13 Å². The van der Waals surface area contributed by atoms with Crippen molar-refractivity contribution in [1.29, 1.82) is 5.41 Å². The van der Waals surface area contributed by atoms with E-state index < -0.39 is 5.56 Å². The van der Waals surface area contributed by atoms with Crippen LogP contribution in [0.5, 0.6) is 11.5 Å². The largest absolute Gasteiger partial charge is 0.504 e. The minimum atomic E-state index is -0.470. The van der Waals surface area contributed by atoms with E-state index >= 15 is 0 Å². The first-order valence-corrected chi connectivity index (χ1v) is 7.95. The Morgan fingerprint density at radius 1 is 1.46 bits per heavy atom. The third-order valence-corrected chi connectivity index (χ3v) is 4.63. The molecule has 1 aromatic carbocycles. The van der Waals surface area contributed by atoms with E-state index in [1.54, 1.807) is 18.2 Å². The van der Waals surface area contributed by atoms with Crippen LogP contribution in [0.15, 0.2) is 23.0 Å². The zero-order valence-corrected chi connectivity index (χ0v) is 14.2. The number of hydrogen-bond acceptors (Lipinski definition) is 6. The van der Waals surface area contributed by atoms with Crippen molar-refractivity contribution in [2.45, 2.75) is 13.8 Å². The number of nitrogens with one attached hydrogen (secondary N) is 2. The van der Waals surface area contributed by atoms with Crippen molar-refractivity contribution in [2.75, 3.05) is 7.11 Å². The Labute approximate surface area is 140 Å². The van der Waals surface area contributed by atoms with Crippen LogP contribution in [0, 0.1) is 5.41 Å². The topological polar surface area (TPSA) is 104 Å². The molecule has 0 atom stereocenters. The number of ether oxygens (including phenoxy) is 1. The molecule has 0 unspecified atom stereocenters. The van der Waals surface area contributed by atoms with Crippen LogP contribution in [0.1, 0.15) is 19.4 Å². The molecule has 2 heterocycles. The van der Waals surface area contributed by atoms with E-state index in [4.69, 9.17) is 10.1 Å². The maximum Gasteiger partial charge on any atom is 0.283 e. The lowest BCUT2D eigenvalue weighted by Gasteiger charge is -2.04. The van der Waals surface area contributed by atoms with E-state index in [0.29, 0.717) is 16.4 Å². The number of aromatic nitrogens is 3. The molecule has 2 aliphatic heterocycles. The summed E-state index contributed by atoms with van der Waals surface area (Å²) in [5, 5.41) is 21.6. The predicted octanol–water partition coefficient (Wildman–Crippen LogP) is 0.273. The summed E-state index contributed by atoms with van der Waals surface area (Å²) in [6.07, 6.45) is 1.56. The molecular weight excluding hydrogens is 328 g/mol. The molecule has 124 valence electrons. The van der Waals surface area contributed by atoms with Crippen molar-refractivity contribution in [1.82, 2.24) is 14.8 Å². The second-order valence-electron chi connectivity index (χ2n) is 5.42. The molecule has 0 spiro atoms. The van der Waals surface area contributed by atoms with Gasteiger partial charge in [-0.25, -0.2) is 4.68 Å². The monoisotopic (exact) mass is 344 g/mol. The molecule has 7 nitrogen and oxygen atoms in total. The van der Waals surface area contributed by atoms with Crippen molar-refractivity contribution < 1.29 is 9.84 Å². The molecule has 0 bridgehead atoms. The van der Waals surface area contributed by atoms with Crippen LogP contribution in [0.2, 0.25) is 0 Å². The molecule has 0 aromatic heterocycles. The lowest BCUT2D eigenvalue weighted by atomic mass is 10.1. The number of hydrogen-bond donors (Lipinski definition) is 3. The highest BCUT2D eigenvalue weighted by atomic mass is 32.1. The van der Waals surface area contributed by atoms with Crippen LogP contribution >= 0.6 is 11.3 Å². The van der Waals surface area contributed by atoms with Gasteiger partial charge < -0.3 is 9.84 Å². The van der Waals surface area contributed by atoms with Gasteiger partial charge in [-0.3, -0.25) is 15.3 Å². The van der Waals surface area contributed by atoms with Gasteiger partial charge in [0.15, 0.2) is 17.0 Å². The van der Waals surface area contributed by atoms with Crippen molar-refractivity contribution >= 4 is 23.0 Å². The summed E-state index contributed by atoms with van der Waals surface area (Å²) in [4.78, 5) is 16.3. The predicted molar refractivity (Wildman–Crippen MR) is 91.3 cm³/mol. The average Bonchev–Trinajstić information content (AvgIpc) is 2.97. The quantitative estimate of drug-likeness (QED) is 0.621. The van der Waals surface area contributed by atoms with Crippen molar-refractivity contribution in [3.05, 3.63) is 49.5 Å². The maximum absolute atomic E-state index is 12.3. The van der Waals surface area contributed by atoms with E-state index in [-0.39, 0.29) is 16.5 Å². The number of fused-ring (bicyclic) bond motifs is 1. The molecule has 3 rings (SSSR count). The van der Waals surface area contributed by atoms with Crippen LogP contribution in [0.3, 0.4) is 0 Å². The standard InChI is InChI=1S/C16H16N4O3S/c1-8(2)15-19-20-13(17)10(14(22)18-16(20)24-15)6-9-4-5-11(21)12(7-9)23-3/h4-7,17,19,21H,1-3H3. The van der Waals surface area contributed by atoms with E-state index in [0.717, 1.165) is 10.2 Å². The van der Waals surface area contributed by atoms with E-state index in [1.165, 1.54) is 29.2 Å². The van der Waals surface area contributed by atoms with Gasteiger partial charge in [-0.2, -0.15) is 4.98 Å². The summed E-state index contributed by atoms with van der Waals surface area (Å²) in [5.41, 5.74) is 1.24. The number of aromatic amines is 1. The number of aromatic hydroxyl groups is 1. The Hall–Kier alpha value is -2.87. The Morgan fingerprint density at radius 2 is 2.21 bits per heavy atom. The van der Waals surface area contributed by atoms with Crippen molar-refractivity contribution in [3.8, 4) is 16.6 Å². The van der Waals surface area contributed by atoms with Gasteiger partial charge in [-0.15, -0.1) is 0 Å². The molecule has 24 heavy (non-hydrogen) atoms.